The van der Waals surface area contributed by atoms with Crippen molar-refractivity contribution in [3.8, 4) is 0 Å². The second-order valence-corrected chi connectivity index (χ2v) is 5.83. The van der Waals surface area contributed by atoms with Gasteiger partial charge in [-0.05, 0) is 0 Å². The highest BCUT2D eigenvalue weighted by Crippen LogP contribution is 2.16. The maximum absolute atomic E-state index is 12.6. The molecule has 6 nitrogen and oxygen atoms in total. The summed E-state index contributed by atoms with van der Waals surface area (Å²) < 4.78 is 0. The molecular weight excluding hydrogens is 296 g/mol. The van der Waals surface area contributed by atoms with Gasteiger partial charge in [-0.3, -0.25) is 19.3 Å². The molecule has 2 rings (SSSR count). The van der Waals surface area contributed by atoms with Crippen molar-refractivity contribution in [3.63, 3.8) is 0 Å². The monoisotopic (exact) mass is 318 g/mol. The van der Waals surface area contributed by atoms with E-state index in [1.54, 1.807) is 36.1 Å². The van der Waals surface area contributed by atoms with Crippen molar-refractivity contribution in [2.24, 2.45) is 5.92 Å². The van der Waals surface area contributed by atoms with Crippen LogP contribution in [0.25, 0.3) is 0 Å². The van der Waals surface area contributed by atoms with Crippen molar-refractivity contribution in [1.82, 2.24) is 9.80 Å². The number of carbonyl (C=O) groups excluding carboxylic acids is 2. The fourth-order valence-electron chi connectivity index (χ4n) is 2.85. The normalized spacial score (nSPS) is 16.8. The average molecular weight is 318 g/mol. The third-order valence-corrected chi connectivity index (χ3v) is 4.15. The van der Waals surface area contributed by atoms with Gasteiger partial charge in [0, 0.05) is 51.1 Å². The zero-order valence-corrected chi connectivity index (χ0v) is 13.3. The Morgan fingerprint density at radius 2 is 1.70 bits per heavy atom. The van der Waals surface area contributed by atoms with Crippen LogP contribution in [0.2, 0.25) is 0 Å². The largest absolute Gasteiger partial charge is 0.481 e. The highest BCUT2D eigenvalue weighted by molar-refractivity contribution is 5.99. The Morgan fingerprint density at radius 1 is 1.09 bits per heavy atom. The van der Waals surface area contributed by atoms with Crippen LogP contribution >= 0.6 is 0 Å². The first-order valence-corrected chi connectivity index (χ1v) is 7.76. The summed E-state index contributed by atoms with van der Waals surface area (Å²) in [6.45, 7) is 4.52. The van der Waals surface area contributed by atoms with Gasteiger partial charge in [-0.1, -0.05) is 30.3 Å². The molecule has 124 valence electrons. The lowest BCUT2D eigenvalue weighted by molar-refractivity contribution is -0.137. The molecule has 1 N–H and O–H groups in total. The molecule has 6 heteroatoms. The lowest BCUT2D eigenvalue weighted by atomic mass is 9.93. The van der Waals surface area contributed by atoms with Gasteiger partial charge >= 0.3 is 5.97 Å². The van der Waals surface area contributed by atoms with E-state index in [2.05, 4.69) is 4.90 Å². The third-order valence-electron chi connectivity index (χ3n) is 4.15. The molecule has 0 aromatic heterocycles. The molecule has 1 aromatic rings. The minimum Gasteiger partial charge on any atom is -0.481 e. The number of carbonyl (C=O) groups is 3. The van der Waals surface area contributed by atoms with Gasteiger partial charge in [-0.2, -0.15) is 0 Å². The molecular formula is C17H22N2O4. The van der Waals surface area contributed by atoms with Gasteiger partial charge in [0.25, 0.3) is 0 Å². The number of carboxylic acid groups (broad SMARTS) is 1. The molecule has 1 aliphatic heterocycles. The van der Waals surface area contributed by atoms with E-state index in [-0.39, 0.29) is 18.1 Å². The summed E-state index contributed by atoms with van der Waals surface area (Å²) in [6.07, 6.45) is -0.180. The second kappa shape index (κ2) is 7.87. The van der Waals surface area contributed by atoms with Crippen molar-refractivity contribution < 1.29 is 19.5 Å². The topological polar surface area (TPSA) is 77.9 Å². The Morgan fingerprint density at radius 3 is 2.22 bits per heavy atom. The molecule has 1 atom stereocenters. The number of aliphatic carboxylic acids is 1. The van der Waals surface area contributed by atoms with Crippen LogP contribution < -0.4 is 0 Å². The minimum absolute atomic E-state index is 0.0482. The number of rotatable bonds is 6. The van der Waals surface area contributed by atoms with Gasteiger partial charge in [0.1, 0.15) is 0 Å². The Kier molecular flexibility index (Phi) is 5.87. The first-order valence-electron chi connectivity index (χ1n) is 7.76. The summed E-state index contributed by atoms with van der Waals surface area (Å²) in [5.41, 5.74) is 0.543. The van der Waals surface area contributed by atoms with Crippen molar-refractivity contribution in [1.29, 1.82) is 0 Å². The third kappa shape index (κ3) is 4.89. The van der Waals surface area contributed by atoms with Crippen LogP contribution in [0.15, 0.2) is 30.3 Å². The Hall–Kier alpha value is -2.21. The van der Waals surface area contributed by atoms with Gasteiger partial charge in [0.15, 0.2) is 5.78 Å². The summed E-state index contributed by atoms with van der Waals surface area (Å²) in [6, 6.07) is 8.80. The van der Waals surface area contributed by atoms with Gasteiger partial charge in [-0.15, -0.1) is 0 Å². The molecule has 0 bridgehead atoms. The molecule has 0 spiro atoms. The van der Waals surface area contributed by atoms with E-state index in [0.717, 1.165) is 0 Å². The summed E-state index contributed by atoms with van der Waals surface area (Å²) >= 11 is 0. The molecule has 0 radical (unpaired) electrons. The predicted molar refractivity (Wildman–Crippen MR) is 85.2 cm³/mol. The molecule has 1 saturated heterocycles. The molecule has 1 aromatic carbocycles. The molecule has 0 aliphatic carbocycles. The maximum atomic E-state index is 12.6. The van der Waals surface area contributed by atoms with Crippen LogP contribution in [0.3, 0.4) is 0 Å². The standard InChI is InChI=1S/C17H22N2O4/c1-13(20)19-9-7-18(8-10-19)12-15(11-16(21)22)17(23)14-5-3-2-4-6-14/h2-6,15H,7-12H2,1H3,(H,21,22). The minimum atomic E-state index is -0.971. The number of hydrogen-bond donors (Lipinski definition) is 1. The lowest BCUT2D eigenvalue weighted by Crippen LogP contribution is -2.49. The van der Waals surface area contributed by atoms with E-state index in [9.17, 15) is 14.4 Å². The van der Waals surface area contributed by atoms with Crippen molar-refractivity contribution in [3.05, 3.63) is 35.9 Å². The van der Waals surface area contributed by atoms with Crippen LogP contribution in [-0.4, -0.2) is 65.3 Å². The number of ketones is 1. The number of nitrogens with zero attached hydrogens (tertiary/aromatic N) is 2. The fourth-order valence-corrected chi connectivity index (χ4v) is 2.85. The van der Waals surface area contributed by atoms with Crippen molar-refractivity contribution >= 4 is 17.7 Å². The molecule has 23 heavy (non-hydrogen) atoms. The molecule has 1 unspecified atom stereocenters. The lowest BCUT2D eigenvalue weighted by Gasteiger charge is -2.35. The van der Waals surface area contributed by atoms with Crippen molar-refractivity contribution in [2.45, 2.75) is 13.3 Å². The SMILES string of the molecule is CC(=O)N1CCN(CC(CC(=O)O)C(=O)c2ccccc2)CC1. The smallest absolute Gasteiger partial charge is 0.304 e. The maximum Gasteiger partial charge on any atom is 0.304 e. The Balaban J connectivity index is 2.01. The summed E-state index contributed by atoms with van der Waals surface area (Å²) in [4.78, 5) is 38.8. The van der Waals surface area contributed by atoms with Crippen LogP contribution in [0.4, 0.5) is 0 Å². The summed E-state index contributed by atoms with van der Waals surface area (Å²) in [7, 11) is 0. The van der Waals surface area contributed by atoms with Gasteiger partial charge in [0.2, 0.25) is 5.91 Å². The molecule has 1 amide bonds. The van der Waals surface area contributed by atoms with E-state index in [4.69, 9.17) is 5.11 Å². The van der Waals surface area contributed by atoms with Crippen molar-refractivity contribution in [2.75, 3.05) is 32.7 Å². The highest BCUT2D eigenvalue weighted by Gasteiger charge is 2.27. The zero-order chi connectivity index (χ0) is 16.8. The molecule has 0 saturated carbocycles. The van der Waals surface area contributed by atoms with E-state index in [1.807, 2.05) is 6.07 Å². The van der Waals surface area contributed by atoms with E-state index in [0.29, 0.717) is 38.3 Å². The zero-order valence-electron chi connectivity index (χ0n) is 13.3. The Bertz CT molecular complexity index is 565. The number of benzene rings is 1. The predicted octanol–water partition coefficient (Wildman–Crippen LogP) is 1.12. The van der Waals surface area contributed by atoms with Crippen LogP contribution in [0.5, 0.6) is 0 Å². The Labute approximate surface area is 135 Å². The van der Waals surface area contributed by atoms with Crippen LogP contribution in [0, 0.1) is 5.92 Å². The van der Waals surface area contributed by atoms with Gasteiger partial charge < -0.3 is 10.0 Å². The number of carboxylic acids is 1. The first kappa shape index (κ1) is 17.1. The average Bonchev–Trinajstić information content (AvgIpc) is 2.54. The fraction of sp³-hybridized carbons (Fsp3) is 0.471. The summed E-state index contributed by atoms with van der Waals surface area (Å²) in [5, 5.41) is 9.10. The number of piperazine rings is 1. The highest BCUT2D eigenvalue weighted by atomic mass is 16.4. The molecule has 1 aliphatic rings. The molecule has 1 fully saturated rings. The second-order valence-electron chi connectivity index (χ2n) is 5.83. The quantitative estimate of drug-likeness (QED) is 0.796. The van der Waals surface area contributed by atoms with E-state index in [1.165, 1.54) is 0 Å². The number of hydrogen-bond acceptors (Lipinski definition) is 4. The van der Waals surface area contributed by atoms with E-state index >= 15 is 0 Å². The van der Waals surface area contributed by atoms with Gasteiger partial charge in [-0.25, -0.2) is 0 Å². The number of Topliss-reactive ketones (excluding diaryl/α,β-unsaturated/α-hetero) is 1. The molecule has 1 heterocycles. The summed E-state index contributed by atoms with van der Waals surface area (Å²) in [5.74, 6) is -1.63. The number of amides is 1. The van der Waals surface area contributed by atoms with Gasteiger partial charge in [0.05, 0.1) is 6.42 Å². The van der Waals surface area contributed by atoms with Crippen LogP contribution in [0.1, 0.15) is 23.7 Å². The first-order chi connectivity index (χ1) is 11.0. The van der Waals surface area contributed by atoms with E-state index < -0.39 is 11.9 Å². The van der Waals surface area contributed by atoms with Crippen LogP contribution in [-0.2, 0) is 9.59 Å².